The molecule has 5 heteroatoms. The Morgan fingerprint density at radius 1 is 1.18 bits per heavy atom. The van der Waals surface area contributed by atoms with Gasteiger partial charge in [-0.15, -0.1) is 0 Å². The van der Waals surface area contributed by atoms with Gasteiger partial charge in [0.2, 0.25) is 0 Å². The molecule has 0 bridgehead atoms. The monoisotopic (exact) mass is 233 g/mol. The van der Waals surface area contributed by atoms with E-state index in [1.165, 1.54) is 25.7 Å². The molecule has 92 valence electrons. The maximum atomic E-state index is 5.38. The molecule has 1 aromatic rings. The molecule has 0 atom stereocenters. The second-order valence-corrected chi connectivity index (χ2v) is 5.20. The molecular weight excluding hydrogens is 214 g/mol. The summed E-state index contributed by atoms with van der Waals surface area (Å²) in [6, 6.07) is 0. The van der Waals surface area contributed by atoms with E-state index in [4.69, 9.17) is 5.84 Å². The van der Waals surface area contributed by atoms with Gasteiger partial charge in [-0.2, -0.15) is 0 Å². The van der Waals surface area contributed by atoms with Gasteiger partial charge < -0.3 is 10.3 Å². The van der Waals surface area contributed by atoms with Crippen LogP contribution in [-0.2, 0) is 0 Å². The van der Waals surface area contributed by atoms with E-state index in [-0.39, 0.29) is 0 Å². The summed E-state index contributed by atoms with van der Waals surface area (Å²) >= 11 is 0. The molecule has 2 fully saturated rings. The molecule has 2 aliphatic rings. The first kappa shape index (κ1) is 10.8. The summed E-state index contributed by atoms with van der Waals surface area (Å²) in [5.41, 5.74) is 2.56. The van der Waals surface area contributed by atoms with Crippen LogP contribution in [0.2, 0.25) is 0 Å². The van der Waals surface area contributed by atoms with E-state index in [0.717, 1.165) is 30.7 Å². The molecule has 0 amide bonds. The Bertz CT molecular complexity index is 372. The molecular formula is C12H19N5. The van der Waals surface area contributed by atoms with Crippen molar-refractivity contribution in [1.29, 1.82) is 0 Å². The molecule has 2 aliphatic carbocycles. The van der Waals surface area contributed by atoms with Crippen LogP contribution in [0.15, 0.2) is 12.4 Å². The molecule has 0 aromatic carbocycles. The summed E-state index contributed by atoms with van der Waals surface area (Å²) in [4.78, 5) is 11.0. The molecule has 1 aromatic heterocycles. The highest BCUT2D eigenvalue weighted by atomic mass is 15.3. The lowest BCUT2D eigenvalue weighted by molar-refractivity contribution is 0.670. The van der Waals surface area contributed by atoms with Gasteiger partial charge in [0.15, 0.2) is 5.82 Å². The normalized spacial score (nSPS) is 19.1. The van der Waals surface area contributed by atoms with Crippen LogP contribution in [0.4, 0.5) is 11.6 Å². The number of nitrogens with two attached hydrogens (primary N) is 1. The molecule has 0 saturated heterocycles. The highest BCUT2D eigenvalue weighted by Crippen LogP contribution is 2.35. The number of nitrogens with zero attached hydrogens (tertiary/aromatic N) is 3. The Morgan fingerprint density at radius 3 is 2.35 bits per heavy atom. The topological polar surface area (TPSA) is 67.1 Å². The van der Waals surface area contributed by atoms with Crippen molar-refractivity contribution < 1.29 is 0 Å². The summed E-state index contributed by atoms with van der Waals surface area (Å²) in [5, 5.41) is 0. The van der Waals surface area contributed by atoms with E-state index in [2.05, 4.69) is 20.3 Å². The minimum absolute atomic E-state index is 0.638. The molecule has 2 saturated carbocycles. The molecule has 0 unspecified atom stereocenters. The standard InChI is InChI=1S/C12H19N5/c13-16-11-5-14-6-12(15-11)17(7-9-1-2-9)8-10-3-4-10/h5-6,9-10H,1-4,7-8,13H2,(H,15,16). The maximum absolute atomic E-state index is 5.38. The molecule has 3 rings (SSSR count). The zero-order chi connectivity index (χ0) is 11.7. The SMILES string of the molecule is NNc1cncc(N(CC2CC2)CC2CC2)n1. The average Bonchev–Trinajstić information content (AvgIpc) is 3.23. The molecule has 0 radical (unpaired) electrons. The number of anilines is 2. The van der Waals surface area contributed by atoms with Gasteiger partial charge in [0.25, 0.3) is 0 Å². The zero-order valence-electron chi connectivity index (χ0n) is 9.97. The third-order valence-electron chi connectivity index (χ3n) is 3.44. The lowest BCUT2D eigenvalue weighted by atomic mass is 10.3. The van der Waals surface area contributed by atoms with Crippen molar-refractivity contribution >= 4 is 11.6 Å². The summed E-state index contributed by atoms with van der Waals surface area (Å²) in [7, 11) is 0. The Balaban J connectivity index is 1.73. The number of nitrogen functional groups attached to an aromatic ring is 1. The van der Waals surface area contributed by atoms with E-state index in [1.807, 2.05) is 6.20 Å². The minimum Gasteiger partial charge on any atom is -0.355 e. The quantitative estimate of drug-likeness (QED) is 0.574. The molecule has 5 nitrogen and oxygen atoms in total. The van der Waals surface area contributed by atoms with Gasteiger partial charge in [0.1, 0.15) is 5.82 Å². The Kier molecular flexibility index (Phi) is 2.84. The second kappa shape index (κ2) is 4.49. The lowest BCUT2D eigenvalue weighted by Crippen LogP contribution is -2.29. The molecule has 1 heterocycles. The number of hydrogen-bond acceptors (Lipinski definition) is 5. The van der Waals surface area contributed by atoms with Gasteiger partial charge in [-0.25, -0.2) is 10.8 Å². The van der Waals surface area contributed by atoms with Crippen molar-refractivity contribution in [2.45, 2.75) is 25.7 Å². The van der Waals surface area contributed by atoms with Crippen LogP contribution in [0.25, 0.3) is 0 Å². The number of rotatable bonds is 6. The fourth-order valence-corrected chi connectivity index (χ4v) is 2.06. The van der Waals surface area contributed by atoms with Gasteiger partial charge in [-0.3, -0.25) is 4.98 Å². The highest BCUT2D eigenvalue weighted by Gasteiger charge is 2.29. The predicted molar refractivity (Wildman–Crippen MR) is 67.5 cm³/mol. The van der Waals surface area contributed by atoms with Crippen LogP contribution >= 0.6 is 0 Å². The van der Waals surface area contributed by atoms with Crippen molar-refractivity contribution in [1.82, 2.24) is 9.97 Å². The first-order valence-electron chi connectivity index (χ1n) is 6.39. The Labute approximate surface area is 101 Å². The van der Waals surface area contributed by atoms with Crippen molar-refractivity contribution in [3.63, 3.8) is 0 Å². The van der Waals surface area contributed by atoms with Gasteiger partial charge in [-0.05, 0) is 37.5 Å². The van der Waals surface area contributed by atoms with Crippen LogP contribution in [0.3, 0.4) is 0 Å². The van der Waals surface area contributed by atoms with E-state index < -0.39 is 0 Å². The zero-order valence-corrected chi connectivity index (χ0v) is 9.97. The highest BCUT2D eigenvalue weighted by molar-refractivity contribution is 5.43. The smallest absolute Gasteiger partial charge is 0.160 e. The number of aromatic nitrogens is 2. The first-order valence-corrected chi connectivity index (χ1v) is 6.39. The molecule has 3 N–H and O–H groups in total. The fourth-order valence-electron chi connectivity index (χ4n) is 2.06. The molecule has 0 aliphatic heterocycles. The first-order chi connectivity index (χ1) is 8.35. The van der Waals surface area contributed by atoms with E-state index >= 15 is 0 Å². The lowest BCUT2D eigenvalue weighted by Gasteiger charge is -2.23. The Hall–Kier alpha value is -1.36. The summed E-state index contributed by atoms with van der Waals surface area (Å²) in [6.45, 7) is 2.25. The van der Waals surface area contributed by atoms with Gasteiger partial charge in [-0.1, -0.05) is 0 Å². The minimum atomic E-state index is 0.638. The van der Waals surface area contributed by atoms with Crippen LogP contribution in [-0.4, -0.2) is 23.1 Å². The fraction of sp³-hybridized carbons (Fsp3) is 0.667. The largest absolute Gasteiger partial charge is 0.355 e. The third kappa shape index (κ3) is 2.85. The van der Waals surface area contributed by atoms with Crippen LogP contribution in [0.5, 0.6) is 0 Å². The predicted octanol–water partition coefficient (Wildman–Crippen LogP) is 1.39. The average molecular weight is 233 g/mol. The number of nitrogens with one attached hydrogen (secondary N) is 1. The molecule has 17 heavy (non-hydrogen) atoms. The summed E-state index contributed by atoms with van der Waals surface area (Å²) in [5.74, 6) is 8.70. The third-order valence-corrected chi connectivity index (χ3v) is 3.44. The Morgan fingerprint density at radius 2 is 1.82 bits per heavy atom. The van der Waals surface area contributed by atoms with Gasteiger partial charge >= 0.3 is 0 Å². The van der Waals surface area contributed by atoms with Crippen LogP contribution < -0.4 is 16.2 Å². The maximum Gasteiger partial charge on any atom is 0.160 e. The van der Waals surface area contributed by atoms with Crippen molar-refractivity contribution in [2.75, 3.05) is 23.4 Å². The van der Waals surface area contributed by atoms with Crippen LogP contribution in [0.1, 0.15) is 25.7 Å². The van der Waals surface area contributed by atoms with Gasteiger partial charge in [0, 0.05) is 13.1 Å². The second-order valence-electron chi connectivity index (χ2n) is 5.20. The molecule has 0 spiro atoms. The van der Waals surface area contributed by atoms with Crippen molar-refractivity contribution in [2.24, 2.45) is 17.7 Å². The van der Waals surface area contributed by atoms with Crippen LogP contribution in [0, 0.1) is 11.8 Å². The number of hydrazine groups is 1. The summed E-state index contributed by atoms with van der Waals surface area (Å²) < 4.78 is 0. The number of hydrogen-bond donors (Lipinski definition) is 2. The summed E-state index contributed by atoms with van der Waals surface area (Å²) in [6.07, 6.45) is 8.95. The van der Waals surface area contributed by atoms with Crippen molar-refractivity contribution in [3.05, 3.63) is 12.4 Å². The van der Waals surface area contributed by atoms with E-state index in [0.29, 0.717) is 5.82 Å². The van der Waals surface area contributed by atoms with Gasteiger partial charge in [0.05, 0.1) is 12.4 Å². The van der Waals surface area contributed by atoms with Crippen molar-refractivity contribution in [3.8, 4) is 0 Å². The van der Waals surface area contributed by atoms with E-state index in [9.17, 15) is 0 Å². The van der Waals surface area contributed by atoms with E-state index in [1.54, 1.807) is 6.20 Å².